The SMILES string of the molecule is CNc1ccc(CN(CCO)C2CCC2)cc1[N+](=O)[O-]. The van der Waals surface area contributed by atoms with Gasteiger partial charge in [-0.2, -0.15) is 0 Å². The van der Waals surface area contributed by atoms with Crippen molar-refractivity contribution in [3.8, 4) is 0 Å². The lowest BCUT2D eigenvalue weighted by atomic mass is 9.91. The molecule has 1 aromatic rings. The molecular weight excluding hydrogens is 258 g/mol. The molecule has 0 atom stereocenters. The molecule has 0 heterocycles. The second kappa shape index (κ2) is 6.67. The molecule has 0 saturated heterocycles. The summed E-state index contributed by atoms with van der Waals surface area (Å²) in [6.07, 6.45) is 3.53. The topological polar surface area (TPSA) is 78.6 Å². The van der Waals surface area contributed by atoms with E-state index in [2.05, 4.69) is 10.2 Å². The Balaban J connectivity index is 2.14. The Morgan fingerprint density at radius 2 is 2.25 bits per heavy atom. The van der Waals surface area contributed by atoms with Gasteiger partial charge in [0.25, 0.3) is 5.69 Å². The van der Waals surface area contributed by atoms with Crippen molar-refractivity contribution in [2.24, 2.45) is 0 Å². The van der Waals surface area contributed by atoms with E-state index in [1.54, 1.807) is 19.2 Å². The Bertz CT molecular complexity index is 475. The number of benzene rings is 1. The van der Waals surface area contributed by atoms with Crippen molar-refractivity contribution in [2.45, 2.75) is 31.8 Å². The molecule has 6 heteroatoms. The standard InChI is InChI=1S/C14H21N3O3/c1-15-13-6-5-11(9-14(13)17(19)20)10-16(7-8-18)12-3-2-4-12/h5-6,9,12,15,18H,2-4,7-8,10H2,1H3. The van der Waals surface area contributed by atoms with Crippen LogP contribution >= 0.6 is 0 Å². The zero-order valence-corrected chi connectivity index (χ0v) is 11.7. The Kier molecular flexibility index (Phi) is 4.92. The van der Waals surface area contributed by atoms with Gasteiger partial charge in [0.1, 0.15) is 5.69 Å². The number of nitro benzene ring substituents is 1. The number of hydrogen-bond donors (Lipinski definition) is 2. The van der Waals surface area contributed by atoms with Crippen LogP contribution in [-0.2, 0) is 6.54 Å². The van der Waals surface area contributed by atoms with E-state index >= 15 is 0 Å². The van der Waals surface area contributed by atoms with Crippen molar-refractivity contribution >= 4 is 11.4 Å². The van der Waals surface area contributed by atoms with Crippen LogP contribution in [0.4, 0.5) is 11.4 Å². The molecule has 1 aliphatic rings. The second-order valence-electron chi connectivity index (χ2n) is 5.14. The van der Waals surface area contributed by atoms with Crippen molar-refractivity contribution in [2.75, 3.05) is 25.5 Å². The van der Waals surface area contributed by atoms with Crippen LogP contribution in [0.25, 0.3) is 0 Å². The number of nitrogens with one attached hydrogen (secondary N) is 1. The molecule has 1 aromatic carbocycles. The average Bonchev–Trinajstić information content (AvgIpc) is 2.36. The fraction of sp³-hybridized carbons (Fsp3) is 0.571. The van der Waals surface area contributed by atoms with Gasteiger partial charge in [-0.05, 0) is 24.5 Å². The van der Waals surface area contributed by atoms with E-state index in [9.17, 15) is 10.1 Å². The molecular formula is C14H21N3O3. The summed E-state index contributed by atoms with van der Waals surface area (Å²) in [5.74, 6) is 0. The maximum Gasteiger partial charge on any atom is 0.292 e. The van der Waals surface area contributed by atoms with Crippen LogP contribution < -0.4 is 5.32 Å². The fourth-order valence-electron chi connectivity index (χ4n) is 2.54. The van der Waals surface area contributed by atoms with Gasteiger partial charge < -0.3 is 10.4 Å². The van der Waals surface area contributed by atoms with E-state index in [0.29, 0.717) is 24.8 Å². The molecule has 20 heavy (non-hydrogen) atoms. The highest BCUT2D eigenvalue weighted by Gasteiger charge is 2.25. The summed E-state index contributed by atoms with van der Waals surface area (Å²) >= 11 is 0. The van der Waals surface area contributed by atoms with Crippen molar-refractivity contribution in [3.63, 3.8) is 0 Å². The third-order valence-electron chi connectivity index (χ3n) is 3.89. The molecule has 110 valence electrons. The minimum Gasteiger partial charge on any atom is -0.395 e. The number of nitrogens with zero attached hydrogens (tertiary/aromatic N) is 2. The number of aliphatic hydroxyl groups is 1. The smallest absolute Gasteiger partial charge is 0.292 e. The van der Waals surface area contributed by atoms with E-state index < -0.39 is 0 Å². The zero-order chi connectivity index (χ0) is 14.5. The summed E-state index contributed by atoms with van der Waals surface area (Å²) in [6.45, 7) is 1.38. The lowest BCUT2D eigenvalue weighted by molar-refractivity contribution is -0.384. The highest BCUT2D eigenvalue weighted by atomic mass is 16.6. The molecule has 6 nitrogen and oxygen atoms in total. The molecule has 0 radical (unpaired) electrons. The number of aliphatic hydroxyl groups excluding tert-OH is 1. The highest BCUT2D eigenvalue weighted by molar-refractivity contribution is 5.62. The van der Waals surface area contributed by atoms with E-state index in [1.165, 1.54) is 6.42 Å². The van der Waals surface area contributed by atoms with Crippen LogP contribution in [0.2, 0.25) is 0 Å². The lowest BCUT2D eigenvalue weighted by Gasteiger charge is -2.37. The molecule has 0 unspecified atom stereocenters. The molecule has 1 aliphatic carbocycles. The summed E-state index contributed by atoms with van der Waals surface area (Å²) in [7, 11) is 1.68. The number of nitro groups is 1. The number of hydrogen-bond acceptors (Lipinski definition) is 5. The highest BCUT2D eigenvalue weighted by Crippen LogP contribution is 2.29. The van der Waals surface area contributed by atoms with Gasteiger partial charge in [0, 0.05) is 32.2 Å². The van der Waals surface area contributed by atoms with Gasteiger partial charge in [-0.1, -0.05) is 12.5 Å². The maximum absolute atomic E-state index is 11.1. The molecule has 0 aromatic heterocycles. The van der Waals surface area contributed by atoms with Gasteiger partial charge in [-0.25, -0.2) is 0 Å². The Morgan fingerprint density at radius 1 is 1.50 bits per heavy atom. The Morgan fingerprint density at radius 3 is 2.75 bits per heavy atom. The fourth-order valence-corrected chi connectivity index (χ4v) is 2.54. The summed E-state index contributed by atoms with van der Waals surface area (Å²) in [5.41, 5.74) is 1.54. The molecule has 1 saturated carbocycles. The first-order valence-corrected chi connectivity index (χ1v) is 6.95. The third-order valence-corrected chi connectivity index (χ3v) is 3.89. The van der Waals surface area contributed by atoms with Crippen LogP contribution in [0.3, 0.4) is 0 Å². The van der Waals surface area contributed by atoms with Gasteiger partial charge in [-0.15, -0.1) is 0 Å². The molecule has 2 N–H and O–H groups in total. The predicted octanol–water partition coefficient (Wildman–Crippen LogP) is 1.98. The van der Waals surface area contributed by atoms with E-state index in [4.69, 9.17) is 5.11 Å². The normalized spacial score (nSPS) is 15.2. The van der Waals surface area contributed by atoms with Gasteiger partial charge in [-0.3, -0.25) is 15.0 Å². The van der Waals surface area contributed by atoms with Crippen LogP contribution in [-0.4, -0.2) is 41.2 Å². The molecule has 0 aliphatic heterocycles. The Labute approximate surface area is 118 Å². The van der Waals surface area contributed by atoms with Crippen molar-refractivity contribution < 1.29 is 10.0 Å². The summed E-state index contributed by atoms with van der Waals surface area (Å²) in [4.78, 5) is 12.9. The first-order chi connectivity index (χ1) is 9.65. The second-order valence-corrected chi connectivity index (χ2v) is 5.14. The van der Waals surface area contributed by atoms with E-state index in [0.717, 1.165) is 18.4 Å². The van der Waals surface area contributed by atoms with Crippen LogP contribution in [0.15, 0.2) is 18.2 Å². The first-order valence-electron chi connectivity index (χ1n) is 6.95. The molecule has 0 bridgehead atoms. The van der Waals surface area contributed by atoms with Crippen molar-refractivity contribution in [1.82, 2.24) is 4.90 Å². The van der Waals surface area contributed by atoms with Crippen molar-refractivity contribution in [1.29, 1.82) is 0 Å². The lowest BCUT2D eigenvalue weighted by Crippen LogP contribution is -2.41. The third kappa shape index (κ3) is 3.26. The van der Waals surface area contributed by atoms with Crippen LogP contribution in [0.1, 0.15) is 24.8 Å². The van der Waals surface area contributed by atoms with Gasteiger partial charge in [0.2, 0.25) is 0 Å². The summed E-state index contributed by atoms with van der Waals surface area (Å²) in [5, 5.41) is 23.0. The minimum absolute atomic E-state index is 0.0996. The average molecular weight is 279 g/mol. The van der Waals surface area contributed by atoms with Crippen LogP contribution in [0.5, 0.6) is 0 Å². The molecule has 0 amide bonds. The van der Waals surface area contributed by atoms with Crippen molar-refractivity contribution in [3.05, 3.63) is 33.9 Å². The minimum atomic E-state index is -0.366. The molecule has 0 spiro atoms. The molecule has 2 rings (SSSR count). The van der Waals surface area contributed by atoms with E-state index in [-0.39, 0.29) is 17.2 Å². The quantitative estimate of drug-likeness (QED) is 0.589. The first kappa shape index (κ1) is 14.7. The summed E-state index contributed by atoms with van der Waals surface area (Å²) < 4.78 is 0. The van der Waals surface area contributed by atoms with Gasteiger partial charge in [0.15, 0.2) is 0 Å². The zero-order valence-electron chi connectivity index (χ0n) is 11.7. The maximum atomic E-state index is 11.1. The summed E-state index contributed by atoms with van der Waals surface area (Å²) in [6, 6.07) is 5.77. The number of rotatable bonds is 7. The monoisotopic (exact) mass is 279 g/mol. The largest absolute Gasteiger partial charge is 0.395 e. The van der Waals surface area contributed by atoms with Gasteiger partial charge >= 0.3 is 0 Å². The predicted molar refractivity (Wildman–Crippen MR) is 77.8 cm³/mol. The van der Waals surface area contributed by atoms with Crippen LogP contribution in [0, 0.1) is 10.1 Å². The van der Waals surface area contributed by atoms with E-state index in [1.807, 2.05) is 6.07 Å². The number of anilines is 1. The Hall–Kier alpha value is -1.66. The molecule has 1 fully saturated rings. The van der Waals surface area contributed by atoms with Gasteiger partial charge in [0.05, 0.1) is 11.5 Å².